The van der Waals surface area contributed by atoms with E-state index in [0.717, 1.165) is 12.1 Å². The minimum absolute atomic E-state index is 0.00259. The smallest absolute Gasteiger partial charge is 0.318 e. The Bertz CT molecular complexity index is 375. The van der Waals surface area contributed by atoms with Crippen molar-refractivity contribution in [2.24, 2.45) is 0 Å². The highest BCUT2D eigenvalue weighted by atomic mass is 19.1. The predicted octanol–water partition coefficient (Wildman–Crippen LogP) is 0.898. The summed E-state index contributed by atoms with van der Waals surface area (Å²) < 4.78 is 12.8. The van der Waals surface area contributed by atoms with Crippen molar-refractivity contribution in [3.8, 4) is 5.75 Å². The number of carboxylic acid groups (broad SMARTS) is 1. The molecule has 1 aromatic rings. The molecule has 14 heavy (non-hydrogen) atoms. The zero-order valence-corrected chi connectivity index (χ0v) is 6.98. The Kier molecular flexibility index (Phi) is 2.81. The van der Waals surface area contributed by atoms with Gasteiger partial charge in [0.25, 0.3) is 0 Å². The number of phenols is 1. The third-order valence-corrected chi connectivity index (χ3v) is 1.73. The predicted molar refractivity (Wildman–Crippen MR) is 44.5 cm³/mol. The van der Waals surface area contributed by atoms with Gasteiger partial charge in [-0.2, -0.15) is 0 Å². The van der Waals surface area contributed by atoms with Crippen molar-refractivity contribution >= 4 is 12.3 Å². The van der Waals surface area contributed by atoms with Gasteiger partial charge < -0.3 is 15.0 Å². The Labute approximate surface area is 78.6 Å². The largest absolute Gasteiger partial charge is 0.505 e. The van der Waals surface area contributed by atoms with Gasteiger partial charge in [0.05, 0.1) is 0 Å². The number of hydrogen-bond donors (Lipinski definition) is 2. The van der Waals surface area contributed by atoms with E-state index < -0.39 is 23.5 Å². The standard InChI is InChI=1S/C9H7FO4/c10-7-3-5(1-2-8(7)12)6(4-11)9(13)14/h1-4,6,12H,(H,13,14). The summed E-state index contributed by atoms with van der Waals surface area (Å²) in [5.41, 5.74) is 0.00259. The van der Waals surface area contributed by atoms with Crippen LogP contribution in [0.5, 0.6) is 5.75 Å². The van der Waals surface area contributed by atoms with Crippen LogP contribution < -0.4 is 0 Å². The second-order valence-electron chi connectivity index (χ2n) is 2.66. The number of benzene rings is 1. The summed E-state index contributed by atoms with van der Waals surface area (Å²) in [6, 6.07) is 3.01. The van der Waals surface area contributed by atoms with Gasteiger partial charge in [-0.1, -0.05) is 6.07 Å². The molecule has 1 atom stereocenters. The number of carboxylic acids is 1. The topological polar surface area (TPSA) is 74.6 Å². The highest BCUT2D eigenvalue weighted by molar-refractivity contribution is 5.92. The number of rotatable bonds is 3. The summed E-state index contributed by atoms with van der Waals surface area (Å²) in [4.78, 5) is 20.9. The Morgan fingerprint density at radius 1 is 1.50 bits per heavy atom. The normalized spacial score (nSPS) is 12.1. The van der Waals surface area contributed by atoms with Crippen LogP contribution in [0.15, 0.2) is 18.2 Å². The molecular weight excluding hydrogens is 191 g/mol. The number of aldehydes is 1. The Morgan fingerprint density at radius 2 is 2.14 bits per heavy atom. The van der Waals surface area contributed by atoms with Crippen molar-refractivity contribution in [1.29, 1.82) is 0 Å². The molecule has 2 N–H and O–H groups in total. The van der Waals surface area contributed by atoms with E-state index in [-0.39, 0.29) is 11.8 Å². The lowest BCUT2D eigenvalue weighted by Gasteiger charge is -2.05. The Balaban J connectivity index is 3.12. The van der Waals surface area contributed by atoms with Crippen molar-refractivity contribution in [2.75, 3.05) is 0 Å². The molecule has 0 saturated heterocycles. The molecule has 1 unspecified atom stereocenters. The summed E-state index contributed by atoms with van der Waals surface area (Å²) in [6.45, 7) is 0. The second-order valence-corrected chi connectivity index (χ2v) is 2.66. The van der Waals surface area contributed by atoms with Crippen LogP contribution in [0.25, 0.3) is 0 Å². The van der Waals surface area contributed by atoms with Gasteiger partial charge in [-0.05, 0) is 17.7 Å². The van der Waals surface area contributed by atoms with Crippen molar-refractivity contribution in [3.05, 3.63) is 29.6 Å². The first-order chi connectivity index (χ1) is 6.56. The number of halogens is 1. The van der Waals surface area contributed by atoms with Gasteiger partial charge in [-0.15, -0.1) is 0 Å². The van der Waals surface area contributed by atoms with Crippen molar-refractivity contribution < 1.29 is 24.2 Å². The van der Waals surface area contributed by atoms with Gasteiger partial charge in [-0.3, -0.25) is 4.79 Å². The second kappa shape index (κ2) is 3.87. The molecule has 0 aliphatic carbocycles. The molecule has 0 aliphatic rings. The summed E-state index contributed by atoms with van der Waals surface area (Å²) in [5, 5.41) is 17.4. The maximum absolute atomic E-state index is 12.8. The average Bonchev–Trinajstić information content (AvgIpc) is 2.11. The van der Waals surface area contributed by atoms with Crippen LogP contribution >= 0.6 is 0 Å². The molecule has 0 aliphatic heterocycles. The lowest BCUT2D eigenvalue weighted by molar-refractivity contribution is -0.140. The first kappa shape index (κ1) is 10.2. The molecule has 0 fully saturated rings. The van der Waals surface area contributed by atoms with E-state index in [0.29, 0.717) is 0 Å². The van der Waals surface area contributed by atoms with Crippen LogP contribution in [0.1, 0.15) is 11.5 Å². The van der Waals surface area contributed by atoms with Crippen molar-refractivity contribution in [3.63, 3.8) is 0 Å². The molecule has 0 bridgehead atoms. The first-order valence-electron chi connectivity index (χ1n) is 3.72. The average molecular weight is 198 g/mol. The summed E-state index contributed by atoms with van der Waals surface area (Å²) in [7, 11) is 0. The highest BCUT2D eigenvalue weighted by Crippen LogP contribution is 2.21. The van der Waals surface area contributed by atoms with Gasteiger partial charge in [0.2, 0.25) is 0 Å². The maximum atomic E-state index is 12.8. The van der Waals surface area contributed by atoms with E-state index in [1.165, 1.54) is 6.07 Å². The third-order valence-electron chi connectivity index (χ3n) is 1.73. The van der Waals surface area contributed by atoms with E-state index >= 15 is 0 Å². The molecule has 0 spiro atoms. The summed E-state index contributed by atoms with van der Waals surface area (Å²) in [6.07, 6.45) is 0.203. The van der Waals surface area contributed by atoms with Crippen LogP contribution in [0, 0.1) is 5.82 Å². The quantitative estimate of drug-likeness (QED) is 0.558. The zero-order valence-electron chi connectivity index (χ0n) is 6.98. The molecular formula is C9H7FO4. The summed E-state index contributed by atoms with van der Waals surface area (Å²) >= 11 is 0. The van der Waals surface area contributed by atoms with E-state index in [4.69, 9.17) is 10.2 Å². The van der Waals surface area contributed by atoms with Crippen molar-refractivity contribution in [2.45, 2.75) is 5.92 Å². The van der Waals surface area contributed by atoms with E-state index in [1.54, 1.807) is 0 Å². The minimum atomic E-state index is -1.40. The van der Waals surface area contributed by atoms with Gasteiger partial charge in [-0.25, -0.2) is 4.39 Å². The van der Waals surface area contributed by atoms with Crippen LogP contribution in [-0.4, -0.2) is 22.5 Å². The molecule has 0 amide bonds. The fourth-order valence-corrected chi connectivity index (χ4v) is 0.996. The number of aromatic hydroxyl groups is 1. The van der Waals surface area contributed by atoms with Gasteiger partial charge >= 0.3 is 5.97 Å². The monoisotopic (exact) mass is 198 g/mol. The Hall–Kier alpha value is -1.91. The molecule has 74 valence electrons. The van der Waals surface area contributed by atoms with Crippen LogP contribution in [-0.2, 0) is 9.59 Å². The molecule has 0 saturated carbocycles. The van der Waals surface area contributed by atoms with Gasteiger partial charge in [0, 0.05) is 0 Å². The van der Waals surface area contributed by atoms with Crippen molar-refractivity contribution in [1.82, 2.24) is 0 Å². The van der Waals surface area contributed by atoms with Gasteiger partial charge in [0.1, 0.15) is 12.2 Å². The fraction of sp³-hybridized carbons (Fsp3) is 0.111. The molecule has 1 aromatic carbocycles. The minimum Gasteiger partial charge on any atom is -0.505 e. The van der Waals surface area contributed by atoms with Crippen LogP contribution in [0.4, 0.5) is 4.39 Å². The molecule has 0 heterocycles. The zero-order chi connectivity index (χ0) is 10.7. The summed E-state index contributed by atoms with van der Waals surface area (Å²) in [5.74, 6) is -4.28. The molecule has 5 heteroatoms. The molecule has 0 radical (unpaired) electrons. The van der Waals surface area contributed by atoms with E-state index in [9.17, 15) is 14.0 Å². The van der Waals surface area contributed by atoms with Crippen LogP contribution in [0.2, 0.25) is 0 Å². The number of aliphatic carboxylic acids is 1. The highest BCUT2D eigenvalue weighted by Gasteiger charge is 2.19. The number of phenolic OH excluding ortho intramolecular Hbond substituents is 1. The van der Waals surface area contributed by atoms with E-state index in [1.807, 2.05) is 0 Å². The molecule has 1 rings (SSSR count). The maximum Gasteiger partial charge on any atom is 0.318 e. The lowest BCUT2D eigenvalue weighted by atomic mass is 10.0. The van der Waals surface area contributed by atoms with E-state index in [2.05, 4.69) is 0 Å². The first-order valence-corrected chi connectivity index (χ1v) is 3.72. The molecule has 0 aromatic heterocycles. The molecule has 4 nitrogen and oxygen atoms in total. The number of carbonyl (C=O) groups excluding carboxylic acids is 1. The number of carbonyl (C=O) groups is 2. The Morgan fingerprint density at radius 3 is 2.57 bits per heavy atom. The lowest BCUT2D eigenvalue weighted by Crippen LogP contribution is -2.12. The SMILES string of the molecule is O=CC(C(=O)O)c1ccc(O)c(F)c1. The number of hydrogen-bond acceptors (Lipinski definition) is 3. The third kappa shape index (κ3) is 1.87. The van der Waals surface area contributed by atoms with Gasteiger partial charge in [0.15, 0.2) is 11.6 Å². The fourth-order valence-electron chi connectivity index (χ4n) is 0.996. The van der Waals surface area contributed by atoms with Crippen LogP contribution in [0.3, 0.4) is 0 Å².